The second-order valence-electron chi connectivity index (χ2n) is 7.48. The zero-order valence-electron chi connectivity index (χ0n) is 18.0. The first-order valence-corrected chi connectivity index (χ1v) is 9.89. The Bertz CT molecular complexity index is 1120. The Hall–Kier alpha value is -3.68. The second kappa shape index (κ2) is 9.42. The lowest BCUT2D eigenvalue weighted by Crippen LogP contribution is -2.28. The predicted octanol–water partition coefficient (Wildman–Crippen LogP) is 3.66. The normalized spacial score (nSPS) is 12.5. The van der Waals surface area contributed by atoms with Crippen LogP contribution in [-0.4, -0.2) is 27.6 Å². The highest BCUT2D eigenvalue weighted by Crippen LogP contribution is 2.16. The summed E-state index contributed by atoms with van der Waals surface area (Å²) < 4.78 is 15.8. The van der Waals surface area contributed by atoms with Gasteiger partial charge in [0.25, 0.3) is 5.91 Å². The van der Waals surface area contributed by atoms with Gasteiger partial charge in [0.15, 0.2) is 5.84 Å². The van der Waals surface area contributed by atoms with Crippen molar-refractivity contribution in [3.8, 4) is 0 Å². The molecule has 3 aromatic rings. The maximum atomic E-state index is 13.9. The molecule has 1 atom stereocenters. The number of aromatic nitrogens is 2. The first-order valence-electron chi connectivity index (χ1n) is 9.89. The van der Waals surface area contributed by atoms with Crippen LogP contribution in [0.2, 0.25) is 0 Å². The van der Waals surface area contributed by atoms with E-state index >= 15 is 0 Å². The third kappa shape index (κ3) is 5.69. The maximum absolute atomic E-state index is 13.9. The van der Waals surface area contributed by atoms with Crippen molar-refractivity contribution in [2.24, 2.45) is 10.9 Å². The Kier molecular flexibility index (Phi) is 6.69. The van der Waals surface area contributed by atoms with E-state index in [1.165, 1.54) is 19.1 Å². The van der Waals surface area contributed by atoms with Crippen LogP contribution < -0.4 is 11.1 Å². The molecule has 0 spiro atoms. The number of oxime groups is 1. The first-order chi connectivity index (χ1) is 14.7. The number of amides is 1. The number of nitrogens with zero attached hydrogens (tertiary/aromatic N) is 3. The maximum Gasteiger partial charge on any atom is 0.268 e. The number of hydrogen-bond donors (Lipinski definition) is 2. The molecular weight excluding hydrogens is 397 g/mol. The van der Waals surface area contributed by atoms with E-state index in [1.54, 1.807) is 19.1 Å². The van der Waals surface area contributed by atoms with Crippen molar-refractivity contribution in [3.05, 3.63) is 82.4 Å². The third-order valence-corrected chi connectivity index (χ3v) is 4.72. The molecule has 3 N–H and O–H groups in total. The average Bonchev–Trinajstić information content (AvgIpc) is 3.04. The van der Waals surface area contributed by atoms with Gasteiger partial charge in [-0.25, -0.2) is 4.39 Å². The monoisotopic (exact) mass is 423 g/mol. The molecule has 1 heterocycles. The Morgan fingerprint density at radius 2 is 2.00 bits per heavy atom. The number of anilines is 1. The van der Waals surface area contributed by atoms with E-state index in [9.17, 15) is 9.18 Å². The molecule has 31 heavy (non-hydrogen) atoms. The van der Waals surface area contributed by atoms with E-state index in [4.69, 9.17) is 10.6 Å². The lowest BCUT2D eigenvalue weighted by atomic mass is 10.1. The Morgan fingerprint density at radius 3 is 2.68 bits per heavy atom. The van der Waals surface area contributed by atoms with Crippen LogP contribution in [0.1, 0.15) is 35.0 Å². The zero-order chi connectivity index (χ0) is 22.5. The lowest BCUT2D eigenvalue weighted by molar-refractivity contribution is -0.126. The molecule has 162 valence electrons. The number of carbonyl (C=O) groups is 1. The van der Waals surface area contributed by atoms with Crippen molar-refractivity contribution < 1.29 is 14.0 Å². The van der Waals surface area contributed by atoms with E-state index in [2.05, 4.69) is 15.6 Å². The lowest BCUT2D eigenvalue weighted by Gasteiger charge is -2.12. The van der Waals surface area contributed by atoms with Crippen LogP contribution in [0.15, 0.2) is 53.7 Å². The van der Waals surface area contributed by atoms with Crippen LogP contribution in [-0.2, 0) is 16.2 Å². The summed E-state index contributed by atoms with van der Waals surface area (Å²) in [6.07, 6.45) is -0.961. The number of nitrogens with one attached hydrogen (secondary N) is 1. The van der Waals surface area contributed by atoms with Gasteiger partial charge in [-0.1, -0.05) is 29.4 Å². The topological polar surface area (TPSA) is 94.5 Å². The van der Waals surface area contributed by atoms with E-state index in [0.717, 1.165) is 22.5 Å². The van der Waals surface area contributed by atoms with Crippen molar-refractivity contribution in [2.45, 2.75) is 40.3 Å². The summed E-state index contributed by atoms with van der Waals surface area (Å²) in [5.74, 6) is -0.906. The highest BCUT2D eigenvalue weighted by Gasteiger charge is 2.16. The molecular formula is C23H26FN5O2. The molecule has 0 bridgehead atoms. The van der Waals surface area contributed by atoms with E-state index in [1.807, 2.05) is 42.8 Å². The van der Waals surface area contributed by atoms with Gasteiger partial charge in [0, 0.05) is 11.3 Å². The first kappa shape index (κ1) is 22.0. The molecule has 1 aromatic heterocycles. The highest BCUT2D eigenvalue weighted by molar-refractivity contribution is 5.97. The number of benzene rings is 2. The molecule has 1 amide bonds. The van der Waals surface area contributed by atoms with Gasteiger partial charge >= 0.3 is 0 Å². The van der Waals surface area contributed by atoms with Crippen LogP contribution in [0.5, 0.6) is 0 Å². The fourth-order valence-corrected chi connectivity index (χ4v) is 3.03. The molecule has 0 aliphatic carbocycles. The van der Waals surface area contributed by atoms with Crippen LogP contribution >= 0.6 is 0 Å². The summed E-state index contributed by atoms with van der Waals surface area (Å²) in [5, 5.41) is 10.8. The molecule has 0 radical (unpaired) electrons. The van der Waals surface area contributed by atoms with Gasteiger partial charge in [0.05, 0.1) is 17.9 Å². The number of nitrogens with two attached hydrogens (primary N) is 1. The summed E-state index contributed by atoms with van der Waals surface area (Å²) in [4.78, 5) is 17.5. The summed E-state index contributed by atoms with van der Waals surface area (Å²) in [6.45, 7) is 7.83. The molecule has 0 saturated carbocycles. The molecule has 8 heteroatoms. The number of aryl methyl sites for hydroxylation is 3. The van der Waals surface area contributed by atoms with Gasteiger partial charge in [-0.3, -0.25) is 9.48 Å². The van der Waals surface area contributed by atoms with Crippen LogP contribution in [0.25, 0.3) is 0 Å². The summed E-state index contributed by atoms with van der Waals surface area (Å²) in [5.41, 5.74) is 10.6. The molecule has 0 fully saturated rings. The standard InChI is InChI=1S/C23H26FN5O2/c1-14-8-9-21(20(24)10-14)26-23(30)17(4)31-28-22(25)19-7-5-6-18(12-19)13-29-16(3)11-15(2)27-29/h5-12,17H,13H2,1-4H3,(H2,25,28)(H,26,30). The Labute approximate surface area is 180 Å². The van der Waals surface area contributed by atoms with Crippen molar-refractivity contribution >= 4 is 17.4 Å². The van der Waals surface area contributed by atoms with Crippen LogP contribution in [0, 0.1) is 26.6 Å². The van der Waals surface area contributed by atoms with Crippen molar-refractivity contribution in [1.29, 1.82) is 0 Å². The summed E-state index contributed by atoms with van der Waals surface area (Å²) in [7, 11) is 0. The van der Waals surface area contributed by atoms with Crippen LogP contribution in [0.4, 0.5) is 10.1 Å². The van der Waals surface area contributed by atoms with Gasteiger partial charge in [0.2, 0.25) is 6.10 Å². The Balaban J connectivity index is 1.64. The largest absolute Gasteiger partial charge is 0.381 e. The quantitative estimate of drug-likeness (QED) is 0.344. The minimum absolute atomic E-state index is 0.0832. The van der Waals surface area contributed by atoms with Crippen molar-refractivity contribution in [3.63, 3.8) is 0 Å². The highest BCUT2D eigenvalue weighted by atomic mass is 19.1. The molecule has 2 aromatic carbocycles. The molecule has 0 saturated heterocycles. The van der Waals surface area contributed by atoms with E-state index in [-0.39, 0.29) is 11.5 Å². The van der Waals surface area contributed by atoms with Crippen LogP contribution in [0.3, 0.4) is 0 Å². The second-order valence-corrected chi connectivity index (χ2v) is 7.48. The Morgan fingerprint density at radius 1 is 1.23 bits per heavy atom. The fourth-order valence-electron chi connectivity index (χ4n) is 3.03. The number of rotatable bonds is 7. The number of carbonyl (C=O) groups excluding carboxylic acids is 1. The molecule has 3 rings (SSSR count). The smallest absolute Gasteiger partial charge is 0.268 e. The van der Waals surface area contributed by atoms with Gasteiger partial charge in [-0.2, -0.15) is 5.10 Å². The van der Waals surface area contributed by atoms with Gasteiger partial charge in [-0.05, 0) is 63.1 Å². The fraction of sp³-hybridized carbons (Fsp3) is 0.261. The van der Waals surface area contributed by atoms with E-state index < -0.39 is 17.8 Å². The minimum Gasteiger partial charge on any atom is -0.381 e. The van der Waals surface area contributed by atoms with Crippen molar-refractivity contribution in [2.75, 3.05) is 5.32 Å². The SMILES string of the molecule is Cc1ccc(NC(=O)C(C)O/N=C(/N)c2cccc(Cn3nc(C)cc3C)c2)c(F)c1. The van der Waals surface area contributed by atoms with E-state index in [0.29, 0.717) is 12.1 Å². The summed E-state index contributed by atoms with van der Waals surface area (Å²) >= 11 is 0. The minimum atomic E-state index is -0.961. The molecule has 7 nitrogen and oxygen atoms in total. The number of hydrogen-bond acceptors (Lipinski definition) is 4. The summed E-state index contributed by atoms with van der Waals surface area (Å²) in [6, 6.07) is 14.1. The zero-order valence-corrected chi connectivity index (χ0v) is 18.0. The van der Waals surface area contributed by atoms with Gasteiger partial charge < -0.3 is 15.9 Å². The number of halogens is 1. The average molecular weight is 423 g/mol. The molecule has 0 aliphatic rings. The van der Waals surface area contributed by atoms with Gasteiger partial charge in [-0.15, -0.1) is 0 Å². The third-order valence-electron chi connectivity index (χ3n) is 4.72. The predicted molar refractivity (Wildman–Crippen MR) is 118 cm³/mol. The molecule has 1 unspecified atom stereocenters. The van der Waals surface area contributed by atoms with Gasteiger partial charge in [0.1, 0.15) is 5.82 Å². The van der Waals surface area contributed by atoms with Crippen molar-refractivity contribution in [1.82, 2.24) is 9.78 Å². The molecule has 0 aliphatic heterocycles. The number of amidine groups is 1.